The molecule has 4 nitrogen and oxygen atoms in total. The first-order valence-corrected chi connectivity index (χ1v) is 7.71. The predicted octanol–water partition coefficient (Wildman–Crippen LogP) is 3.00. The lowest BCUT2D eigenvalue weighted by molar-refractivity contribution is -0.131. The molecule has 0 fully saturated rings. The second-order valence-corrected chi connectivity index (χ2v) is 5.95. The molecule has 1 unspecified atom stereocenters. The summed E-state index contributed by atoms with van der Waals surface area (Å²) in [4.78, 5) is 16.6. The van der Waals surface area contributed by atoms with Crippen molar-refractivity contribution < 1.29 is 9.21 Å². The number of likely N-dealkylation sites (N-methyl/N-ethyl adjacent to an activating group) is 1. The number of carbonyl (C=O) groups excluding carboxylic acids is 1. The molecule has 0 radical (unpaired) electrons. The molecule has 0 saturated carbocycles. The number of hydrogen-bond donors (Lipinski definition) is 0. The number of hydrogen-bond acceptors (Lipinski definition) is 3. The number of carbonyl (C=O) groups is 1. The van der Waals surface area contributed by atoms with Crippen LogP contribution in [0.5, 0.6) is 0 Å². The van der Waals surface area contributed by atoms with Crippen LogP contribution < -0.4 is 4.90 Å². The van der Waals surface area contributed by atoms with Crippen molar-refractivity contribution >= 4 is 11.6 Å². The van der Waals surface area contributed by atoms with Gasteiger partial charge in [0, 0.05) is 19.3 Å². The molecule has 0 N–H and O–H groups in total. The van der Waals surface area contributed by atoms with E-state index in [1.54, 1.807) is 4.90 Å². The van der Waals surface area contributed by atoms with Crippen LogP contribution in [0, 0.1) is 6.92 Å². The van der Waals surface area contributed by atoms with E-state index in [2.05, 4.69) is 23.1 Å². The van der Waals surface area contributed by atoms with E-state index in [1.807, 2.05) is 39.1 Å². The molecule has 116 valence electrons. The number of rotatable bonds is 4. The smallest absolute Gasteiger partial charge is 0.245 e. The molecule has 1 aromatic heterocycles. The average molecular weight is 298 g/mol. The van der Waals surface area contributed by atoms with Crippen molar-refractivity contribution in [2.24, 2.45) is 0 Å². The number of nitrogens with zero attached hydrogens (tertiary/aromatic N) is 2. The van der Waals surface area contributed by atoms with E-state index >= 15 is 0 Å². The number of benzene rings is 1. The Morgan fingerprint density at radius 3 is 2.82 bits per heavy atom. The predicted molar refractivity (Wildman–Crippen MR) is 86.9 cm³/mol. The zero-order chi connectivity index (χ0) is 15.7. The Hall–Kier alpha value is -2.23. The third-order valence-electron chi connectivity index (χ3n) is 4.31. The van der Waals surface area contributed by atoms with E-state index in [-0.39, 0.29) is 11.9 Å². The summed E-state index contributed by atoms with van der Waals surface area (Å²) in [6.45, 7) is 5.30. The van der Waals surface area contributed by atoms with Gasteiger partial charge < -0.3 is 14.2 Å². The van der Waals surface area contributed by atoms with E-state index in [0.29, 0.717) is 6.54 Å². The van der Waals surface area contributed by atoms with Gasteiger partial charge in [0.2, 0.25) is 5.91 Å². The van der Waals surface area contributed by atoms with Crippen LogP contribution in [-0.2, 0) is 17.8 Å². The maximum atomic E-state index is 12.7. The molecule has 1 aliphatic rings. The van der Waals surface area contributed by atoms with E-state index in [0.717, 1.165) is 24.5 Å². The van der Waals surface area contributed by atoms with E-state index < -0.39 is 0 Å². The van der Waals surface area contributed by atoms with Crippen molar-refractivity contribution in [1.82, 2.24) is 4.90 Å². The van der Waals surface area contributed by atoms with Crippen molar-refractivity contribution in [2.45, 2.75) is 32.9 Å². The number of anilines is 1. The molecule has 1 aliphatic heterocycles. The highest BCUT2D eigenvalue weighted by atomic mass is 16.3. The third-order valence-corrected chi connectivity index (χ3v) is 4.31. The molecule has 2 heterocycles. The minimum atomic E-state index is -0.162. The Balaban J connectivity index is 1.69. The van der Waals surface area contributed by atoms with Crippen LogP contribution in [0.2, 0.25) is 0 Å². The summed E-state index contributed by atoms with van der Waals surface area (Å²) in [7, 11) is 1.83. The summed E-state index contributed by atoms with van der Waals surface area (Å²) >= 11 is 0. The fourth-order valence-corrected chi connectivity index (χ4v) is 3.10. The molecule has 22 heavy (non-hydrogen) atoms. The van der Waals surface area contributed by atoms with Gasteiger partial charge in [0.1, 0.15) is 17.6 Å². The van der Waals surface area contributed by atoms with Crippen LogP contribution in [0.3, 0.4) is 0 Å². The van der Waals surface area contributed by atoms with Gasteiger partial charge in [-0.3, -0.25) is 4.79 Å². The molecule has 1 aromatic carbocycles. The van der Waals surface area contributed by atoms with E-state index in [9.17, 15) is 4.79 Å². The highest BCUT2D eigenvalue weighted by molar-refractivity contribution is 5.85. The second kappa shape index (κ2) is 5.87. The summed E-state index contributed by atoms with van der Waals surface area (Å²) in [5, 5.41) is 0. The first-order chi connectivity index (χ1) is 10.6. The van der Waals surface area contributed by atoms with Crippen molar-refractivity contribution in [3.05, 3.63) is 53.5 Å². The van der Waals surface area contributed by atoms with Gasteiger partial charge in [-0.1, -0.05) is 18.2 Å². The molecule has 1 atom stereocenters. The van der Waals surface area contributed by atoms with Crippen LogP contribution >= 0.6 is 0 Å². The standard InChI is InChI=1S/C18H22N2O2/c1-13-8-9-16(22-13)12-19(3)18(21)14(2)20-11-10-15-6-4-5-7-17(15)20/h4-9,14H,10-12H2,1-3H3. The van der Waals surface area contributed by atoms with Gasteiger partial charge in [-0.25, -0.2) is 0 Å². The van der Waals surface area contributed by atoms with Crippen LogP contribution in [-0.4, -0.2) is 30.4 Å². The molecule has 0 saturated heterocycles. The topological polar surface area (TPSA) is 36.7 Å². The lowest BCUT2D eigenvalue weighted by atomic mass is 10.1. The SMILES string of the molecule is Cc1ccc(CN(C)C(=O)C(C)N2CCc3ccccc32)o1. The summed E-state index contributed by atoms with van der Waals surface area (Å²) in [5.41, 5.74) is 2.51. The van der Waals surface area contributed by atoms with Crippen molar-refractivity contribution in [3.8, 4) is 0 Å². The Kier molecular flexibility index (Phi) is 3.92. The number of fused-ring (bicyclic) bond motifs is 1. The quantitative estimate of drug-likeness (QED) is 0.870. The lowest BCUT2D eigenvalue weighted by Crippen LogP contribution is -2.45. The van der Waals surface area contributed by atoms with Crippen molar-refractivity contribution in [2.75, 3.05) is 18.5 Å². The highest BCUT2D eigenvalue weighted by Gasteiger charge is 2.29. The van der Waals surface area contributed by atoms with Crippen molar-refractivity contribution in [1.29, 1.82) is 0 Å². The molecule has 0 aliphatic carbocycles. The number of amides is 1. The normalized spacial score (nSPS) is 14.8. The molecule has 1 amide bonds. The molecule has 0 bridgehead atoms. The Morgan fingerprint density at radius 2 is 2.09 bits per heavy atom. The minimum Gasteiger partial charge on any atom is -0.464 e. The first kappa shape index (κ1) is 14.7. The fourth-order valence-electron chi connectivity index (χ4n) is 3.10. The Morgan fingerprint density at radius 1 is 1.32 bits per heavy atom. The van der Waals surface area contributed by atoms with Crippen LogP contribution in [0.1, 0.15) is 24.0 Å². The Labute approximate surface area is 131 Å². The van der Waals surface area contributed by atoms with Crippen LogP contribution in [0.4, 0.5) is 5.69 Å². The molecule has 2 aromatic rings. The maximum absolute atomic E-state index is 12.7. The lowest BCUT2D eigenvalue weighted by Gasteiger charge is -2.29. The highest BCUT2D eigenvalue weighted by Crippen LogP contribution is 2.29. The Bertz CT molecular complexity index is 677. The van der Waals surface area contributed by atoms with Gasteiger partial charge in [-0.05, 0) is 44.0 Å². The fraction of sp³-hybridized carbons (Fsp3) is 0.389. The third kappa shape index (κ3) is 2.73. The monoisotopic (exact) mass is 298 g/mol. The number of para-hydroxylation sites is 1. The van der Waals surface area contributed by atoms with Gasteiger partial charge in [0.05, 0.1) is 6.54 Å². The summed E-state index contributed by atoms with van der Waals surface area (Å²) in [6.07, 6.45) is 1.01. The summed E-state index contributed by atoms with van der Waals surface area (Å²) < 4.78 is 5.56. The molecule has 3 rings (SSSR count). The summed E-state index contributed by atoms with van der Waals surface area (Å²) in [6, 6.07) is 12.0. The molecule has 4 heteroatoms. The zero-order valence-electron chi connectivity index (χ0n) is 13.4. The zero-order valence-corrected chi connectivity index (χ0v) is 13.4. The maximum Gasteiger partial charge on any atom is 0.245 e. The van der Waals surface area contributed by atoms with Crippen LogP contribution in [0.15, 0.2) is 40.8 Å². The van der Waals surface area contributed by atoms with Gasteiger partial charge >= 0.3 is 0 Å². The largest absolute Gasteiger partial charge is 0.464 e. The number of aryl methyl sites for hydroxylation is 1. The second-order valence-electron chi connectivity index (χ2n) is 5.95. The molecular formula is C18H22N2O2. The molecule has 0 spiro atoms. The first-order valence-electron chi connectivity index (χ1n) is 7.71. The minimum absolute atomic E-state index is 0.116. The van der Waals surface area contributed by atoms with Gasteiger partial charge in [0.15, 0.2) is 0 Å². The van der Waals surface area contributed by atoms with E-state index in [1.165, 1.54) is 11.3 Å². The van der Waals surface area contributed by atoms with E-state index in [4.69, 9.17) is 4.42 Å². The van der Waals surface area contributed by atoms with Crippen molar-refractivity contribution in [3.63, 3.8) is 0 Å². The van der Waals surface area contributed by atoms with Gasteiger partial charge in [0.25, 0.3) is 0 Å². The van der Waals surface area contributed by atoms with Gasteiger partial charge in [-0.15, -0.1) is 0 Å². The average Bonchev–Trinajstić information content (AvgIpc) is 3.12. The molecular weight excluding hydrogens is 276 g/mol. The van der Waals surface area contributed by atoms with Gasteiger partial charge in [-0.2, -0.15) is 0 Å². The van der Waals surface area contributed by atoms with Crippen LogP contribution in [0.25, 0.3) is 0 Å². The number of furan rings is 1. The summed E-state index contributed by atoms with van der Waals surface area (Å²) in [5.74, 6) is 1.81.